The summed E-state index contributed by atoms with van der Waals surface area (Å²) in [5.41, 5.74) is 0. The summed E-state index contributed by atoms with van der Waals surface area (Å²) < 4.78 is 0. The molecule has 0 unspecified atom stereocenters. The molecule has 0 spiro atoms. The zero-order valence-electron chi connectivity index (χ0n) is 6.64. The van der Waals surface area contributed by atoms with E-state index in [0.717, 1.165) is 16.2 Å². The quantitative estimate of drug-likeness (QED) is 0.603. The van der Waals surface area contributed by atoms with Crippen LogP contribution in [0.5, 0.6) is 0 Å². The maximum atomic E-state index is 10.4. The average molecular weight is 247 g/mol. The van der Waals surface area contributed by atoms with E-state index in [0.29, 0.717) is 10.2 Å². The monoisotopic (exact) mass is 246 g/mol. The van der Waals surface area contributed by atoms with Crippen LogP contribution < -0.4 is 0 Å². The zero-order chi connectivity index (χ0) is 10.1. The molecule has 2 rings (SSSR count). The van der Waals surface area contributed by atoms with Crippen LogP contribution in [0.25, 0.3) is 9.88 Å². The Morgan fingerprint density at radius 2 is 2.29 bits per heavy atom. The molecule has 4 nitrogen and oxygen atoms in total. The van der Waals surface area contributed by atoms with Crippen molar-refractivity contribution in [2.45, 2.75) is 0 Å². The Labute approximate surface area is 91.9 Å². The smallest absolute Gasteiger partial charge is 0.258 e. The van der Waals surface area contributed by atoms with Crippen LogP contribution >= 0.6 is 34.3 Å². The highest BCUT2D eigenvalue weighted by Crippen LogP contribution is 2.34. The lowest BCUT2D eigenvalue weighted by Crippen LogP contribution is -1.80. The van der Waals surface area contributed by atoms with Gasteiger partial charge in [0, 0.05) is 11.4 Å². The lowest BCUT2D eigenvalue weighted by molar-refractivity contribution is -0.380. The number of rotatable bonds is 2. The predicted molar refractivity (Wildman–Crippen MR) is 57.1 cm³/mol. The summed E-state index contributed by atoms with van der Waals surface area (Å²) in [5.74, 6) is 0. The lowest BCUT2D eigenvalue weighted by Gasteiger charge is -1.84. The minimum Gasteiger partial charge on any atom is -0.258 e. The highest BCUT2D eigenvalue weighted by Gasteiger charge is 2.12. The number of thiazole rings is 1. The van der Waals surface area contributed by atoms with E-state index in [1.165, 1.54) is 17.4 Å². The second-order valence-corrected chi connectivity index (χ2v) is 4.68. The lowest BCUT2D eigenvalue weighted by atomic mass is 10.5. The fraction of sp³-hybridized carbons (Fsp3) is 0. The molecule has 0 amide bonds. The van der Waals surface area contributed by atoms with Gasteiger partial charge in [-0.25, -0.2) is 4.98 Å². The van der Waals surface area contributed by atoms with Crippen LogP contribution in [0.3, 0.4) is 0 Å². The van der Waals surface area contributed by atoms with Gasteiger partial charge in [-0.15, -0.1) is 11.3 Å². The number of halogens is 1. The molecule has 14 heavy (non-hydrogen) atoms. The summed E-state index contributed by atoms with van der Waals surface area (Å²) in [6, 6.07) is 3.15. The number of thiophene rings is 1. The molecule has 0 radical (unpaired) electrons. The molecule has 0 saturated carbocycles. The van der Waals surface area contributed by atoms with Crippen molar-refractivity contribution < 1.29 is 4.92 Å². The minimum atomic E-state index is -0.413. The van der Waals surface area contributed by atoms with E-state index in [-0.39, 0.29) is 5.00 Å². The molecule has 2 aromatic heterocycles. The molecule has 0 aromatic carbocycles. The van der Waals surface area contributed by atoms with Crippen molar-refractivity contribution in [2.75, 3.05) is 0 Å². The topological polar surface area (TPSA) is 56.0 Å². The second kappa shape index (κ2) is 3.64. The molecule has 0 aliphatic heterocycles. The summed E-state index contributed by atoms with van der Waals surface area (Å²) >= 11 is 8.12. The van der Waals surface area contributed by atoms with E-state index in [2.05, 4.69) is 4.98 Å². The van der Waals surface area contributed by atoms with E-state index >= 15 is 0 Å². The van der Waals surface area contributed by atoms with Gasteiger partial charge in [-0.05, 0) is 6.07 Å². The van der Waals surface area contributed by atoms with Crippen LogP contribution in [-0.2, 0) is 0 Å². The van der Waals surface area contributed by atoms with E-state index in [4.69, 9.17) is 11.6 Å². The third-order valence-corrected chi connectivity index (χ3v) is 3.83. The van der Waals surface area contributed by atoms with Crippen molar-refractivity contribution in [3.05, 3.63) is 32.8 Å². The molecule has 2 aromatic rings. The fourth-order valence-electron chi connectivity index (χ4n) is 0.908. The zero-order valence-corrected chi connectivity index (χ0v) is 9.03. The average Bonchev–Trinajstić information content (AvgIpc) is 2.70. The molecule has 0 bridgehead atoms. The molecule has 0 N–H and O–H groups in total. The van der Waals surface area contributed by atoms with E-state index in [9.17, 15) is 10.1 Å². The molecule has 0 aliphatic carbocycles. The Kier molecular flexibility index (Phi) is 2.49. The van der Waals surface area contributed by atoms with Gasteiger partial charge in [0.1, 0.15) is 10.2 Å². The van der Waals surface area contributed by atoms with E-state index in [1.54, 1.807) is 11.4 Å². The first kappa shape index (κ1) is 9.57. The van der Waals surface area contributed by atoms with Crippen molar-refractivity contribution >= 4 is 39.3 Å². The van der Waals surface area contributed by atoms with E-state index < -0.39 is 4.92 Å². The third kappa shape index (κ3) is 1.77. The fourth-order valence-corrected chi connectivity index (χ4v) is 2.75. The SMILES string of the molecule is O=[N+]([O-])c1ccc(-c2nc(Cl)cs2)s1. The normalized spacial score (nSPS) is 10.4. The Hall–Kier alpha value is -0.980. The molecule has 0 fully saturated rings. The highest BCUT2D eigenvalue weighted by molar-refractivity contribution is 7.23. The largest absolute Gasteiger partial charge is 0.324 e. The van der Waals surface area contributed by atoms with Gasteiger partial charge < -0.3 is 0 Å². The van der Waals surface area contributed by atoms with Crippen LogP contribution in [0.4, 0.5) is 5.00 Å². The van der Waals surface area contributed by atoms with Gasteiger partial charge in [-0.2, -0.15) is 0 Å². The van der Waals surface area contributed by atoms with Gasteiger partial charge in [0.25, 0.3) is 0 Å². The first-order valence-electron chi connectivity index (χ1n) is 3.52. The van der Waals surface area contributed by atoms with Gasteiger partial charge in [-0.1, -0.05) is 22.9 Å². The van der Waals surface area contributed by atoms with Crippen LogP contribution in [0.2, 0.25) is 5.15 Å². The number of nitro groups is 1. The number of hydrogen-bond donors (Lipinski definition) is 0. The molecular weight excluding hydrogens is 244 g/mol. The second-order valence-electron chi connectivity index (χ2n) is 2.37. The number of nitrogens with zero attached hydrogens (tertiary/aromatic N) is 2. The molecule has 2 heterocycles. The summed E-state index contributed by atoms with van der Waals surface area (Å²) in [5, 5.41) is 13.4. The van der Waals surface area contributed by atoms with Gasteiger partial charge in [0.05, 0.1) is 9.80 Å². The maximum Gasteiger partial charge on any atom is 0.324 e. The predicted octanol–water partition coefficient (Wildman–Crippen LogP) is 3.43. The minimum absolute atomic E-state index is 0.117. The maximum absolute atomic E-state index is 10.4. The number of hydrogen-bond acceptors (Lipinski definition) is 5. The van der Waals surface area contributed by atoms with Crippen LogP contribution in [0, 0.1) is 10.1 Å². The van der Waals surface area contributed by atoms with Gasteiger partial charge >= 0.3 is 5.00 Å². The molecule has 0 aliphatic rings. The van der Waals surface area contributed by atoms with E-state index in [1.807, 2.05) is 0 Å². The Bertz CT molecular complexity index is 479. The van der Waals surface area contributed by atoms with Crippen LogP contribution in [0.15, 0.2) is 17.5 Å². The molecular formula is C7H3ClN2O2S2. The molecule has 72 valence electrons. The van der Waals surface area contributed by atoms with Crippen molar-refractivity contribution in [3.63, 3.8) is 0 Å². The van der Waals surface area contributed by atoms with Crippen molar-refractivity contribution in [2.24, 2.45) is 0 Å². The first-order valence-corrected chi connectivity index (χ1v) is 5.60. The summed E-state index contributed by atoms with van der Waals surface area (Å²) in [6.45, 7) is 0. The third-order valence-electron chi connectivity index (χ3n) is 1.46. The van der Waals surface area contributed by atoms with Gasteiger partial charge in [0.2, 0.25) is 0 Å². The molecule has 0 atom stereocenters. The first-order chi connectivity index (χ1) is 6.66. The molecule has 0 saturated heterocycles. The standard InChI is InChI=1S/C7H3ClN2O2S2/c8-5-3-13-7(9-5)4-1-2-6(14-4)10(11)12/h1-3H. The van der Waals surface area contributed by atoms with Gasteiger partial charge in [-0.3, -0.25) is 10.1 Å². The molecule has 7 heteroatoms. The highest BCUT2D eigenvalue weighted by atomic mass is 35.5. The Balaban J connectivity index is 2.38. The van der Waals surface area contributed by atoms with Crippen LogP contribution in [0.1, 0.15) is 0 Å². The summed E-state index contributed by atoms with van der Waals surface area (Å²) in [6.07, 6.45) is 0. The Morgan fingerprint density at radius 1 is 1.50 bits per heavy atom. The van der Waals surface area contributed by atoms with Crippen LogP contribution in [-0.4, -0.2) is 9.91 Å². The van der Waals surface area contributed by atoms with Crippen molar-refractivity contribution in [1.82, 2.24) is 4.98 Å². The van der Waals surface area contributed by atoms with Crippen molar-refractivity contribution in [3.8, 4) is 9.88 Å². The van der Waals surface area contributed by atoms with Crippen molar-refractivity contribution in [1.29, 1.82) is 0 Å². The van der Waals surface area contributed by atoms with Gasteiger partial charge in [0.15, 0.2) is 0 Å². The summed E-state index contributed by atoms with van der Waals surface area (Å²) in [4.78, 5) is 14.8. The number of aromatic nitrogens is 1. The summed E-state index contributed by atoms with van der Waals surface area (Å²) in [7, 11) is 0. The Morgan fingerprint density at radius 3 is 2.79 bits per heavy atom.